The monoisotopic (exact) mass is 178 g/mol. The summed E-state index contributed by atoms with van der Waals surface area (Å²) in [6.07, 6.45) is 0.775. The van der Waals surface area contributed by atoms with E-state index in [-0.39, 0.29) is 6.54 Å². The maximum atomic E-state index is 13.2. The van der Waals surface area contributed by atoms with E-state index in [1.807, 2.05) is 18.3 Å². The van der Waals surface area contributed by atoms with Gasteiger partial charge in [-0.25, -0.2) is 4.39 Å². The lowest BCUT2D eigenvalue weighted by atomic mass is 10.1. The Bertz CT molecular complexity index is 408. The van der Waals surface area contributed by atoms with Crippen LogP contribution >= 0.6 is 0 Å². The number of aromatic amines is 1. The van der Waals surface area contributed by atoms with E-state index in [9.17, 15) is 4.39 Å². The lowest BCUT2D eigenvalue weighted by molar-refractivity contribution is 0.353. The van der Waals surface area contributed by atoms with E-state index in [4.69, 9.17) is 5.73 Å². The molecule has 2 nitrogen and oxygen atoms in total. The lowest BCUT2D eigenvalue weighted by Crippen LogP contribution is -2.07. The van der Waals surface area contributed by atoms with Crippen LogP contribution in [0.15, 0.2) is 30.5 Å². The zero-order valence-corrected chi connectivity index (χ0v) is 7.13. The van der Waals surface area contributed by atoms with Crippen LogP contribution in [0.1, 0.15) is 11.7 Å². The second kappa shape index (κ2) is 3.18. The fourth-order valence-electron chi connectivity index (χ4n) is 1.40. The van der Waals surface area contributed by atoms with Crippen molar-refractivity contribution in [3.63, 3.8) is 0 Å². The summed E-state index contributed by atoms with van der Waals surface area (Å²) in [5.74, 6) is 0. The predicted molar refractivity (Wildman–Crippen MR) is 51.2 cm³/mol. The fourth-order valence-corrected chi connectivity index (χ4v) is 1.40. The number of alkyl halides is 1. The van der Waals surface area contributed by atoms with Crippen molar-refractivity contribution in [1.29, 1.82) is 0 Å². The van der Waals surface area contributed by atoms with Gasteiger partial charge in [-0.05, 0) is 23.1 Å². The molecule has 1 aromatic carbocycles. The molecule has 3 heteroatoms. The molecule has 13 heavy (non-hydrogen) atoms. The van der Waals surface area contributed by atoms with Crippen LogP contribution in [0.4, 0.5) is 4.39 Å². The number of nitrogens with one attached hydrogen (secondary N) is 1. The number of aromatic nitrogens is 1. The van der Waals surface area contributed by atoms with Gasteiger partial charge in [0.25, 0.3) is 0 Å². The van der Waals surface area contributed by atoms with Crippen LogP contribution in [-0.2, 0) is 0 Å². The molecule has 0 aliphatic heterocycles. The maximum Gasteiger partial charge on any atom is 0.137 e. The quantitative estimate of drug-likeness (QED) is 0.726. The number of hydrogen-bond donors (Lipinski definition) is 2. The van der Waals surface area contributed by atoms with E-state index in [1.54, 1.807) is 12.1 Å². The number of halogens is 1. The van der Waals surface area contributed by atoms with Gasteiger partial charge in [-0.3, -0.25) is 0 Å². The first kappa shape index (κ1) is 8.26. The van der Waals surface area contributed by atoms with E-state index < -0.39 is 6.17 Å². The van der Waals surface area contributed by atoms with Crippen molar-refractivity contribution in [3.05, 3.63) is 36.0 Å². The van der Waals surface area contributed by atoms with Crippen molar-refractivity contribution in [3.8, 4) is 0 Å². The Kier molecular flexibility index (Phi) is 2.02. The van der Waals surface area contributed by atoms with E-state index >= 15 is 0 Å². The summed E-state index contributed by atoms with van der Waals surface area (Å²) < 4.78 is 13.2. The van der Waals surface area contributed by atoms with Crippen molar-refractivity contribution < 1.29 is 4.39 Å². The summed E-state index contributed by atoms with van der Waals surface area (Å²) in [4.78, 5) is 3.03. The Morgan fingerprint density at radius 2 is 2.23 bits per heavy atom. The normalized spacial score (nSPS) is 13.4. The summed E-state index contributed by atoms with van der Waals surface area (Å²) in [6.45, 7) is 0.0339. The van der Waals surface area contributed by atoms with Crippen LogP contribution in [-0.4, -0.2) is 11.5 Å². The average Bonchev–Trinajstić information content (AvgIpc) is 2.63. The molecule has 1 heterocycles. The highest BCUT2D eigenvalue weighted by Crippen LogP contribution is 2.20. The number of rotatable bonds is 2. The molecule has 2 aromatic rings. The molecule has 3 N–H and O–H groups in total. The molecular weight excluding hydrogens is 167 g/mol. The van der Waals surface area contributed by atoms with Gasteiger partial charge in [-0.1, -0.05) is 12.1 Å². The Labute approximate surface area is 75.6 Å². The highest BCUT2D eigenvalue weighted by molar-refractivity contribution is 5.79. The van der Waals surface area contributed by atoms with Crippen molar-refractivity contribution in [2.45, 2.75) is 6.17 Å². The third-order valence-corrected chi connectivity index (χ3v) is 2.15. The number of fused-ring (bicyclic) bond motifs is 1. The molecule has 1 unspecified atom stereocenters. The van der Waals surface area contributed by atoms with E-state index in [2.05, 4.69) is 4.98 Å². The number of nitrogens with two attached hydrogens (primary N) is 1. The first-order valence-electron chi connectivity index (χ1n) is 4.22. The molecule has 0 bridgehead atoms. The topological polar surface area (TPSA) is 41.8 Å². The van der Waals surface area contributed by atoms with Gasteiger partial charge in [0.15, 0.2) is 0 Å². The van der Waals surface area contributed by atoms with Crippen LogP contribution in [0.25, 0.3) is 10.9 Å². The standard InChI is InChI=1S/C10H11FN2/c11-9(6-12)8-2-1-7-3-4-13-10(7)5-8/h1-5,9,13H,6,12H2. The largest absolute Gasteiger partial charge is 0.361 e. The third kappa shape index (κ3) is 1.42. The molecule has 2 rings (SSSR count). The number of hydrogen-bond acceptors (Lipinski definition) is 1. The molecule has 0 saturated carbocycles. The highest BCUT2D eigenvalue weighted by atomic mass is 19.1. The van der Waals surface area contributed by atoms with Crippen molar-refractivity contribution in [2.75, 3.05) is 6.54 Å². The molecule has 0 aliphatic carbocycles. The van der Waals surface area contributed by atoms with Gasteiger partial charge in [-0.2, -0.15) is 0 Å². The molecule has 0 spiro atoms. The summed E-state index contributed by atoms with van der Waals surface area (Å²) in [5.41, 5.74) is 6.83. The minimum Gasteiger partial charge on any atom is -0.361 e. The zero-order chi connectivity index (χ0) is 9.26. The lowest BCUT2D eigenvalue weighted by Gasteiger charge is -2.04. The summed E-state index contributed by atoms with van der Waals surface area (Å²) in [5, 5.41) is 1.09. The first-order valence-corrected chi connectivity index (χ1v) is 4.22. The van der Waals surface area contributed by atoms with Crippen molar-refractivity contribution in [1.82, 2.24) is 4.98 Å². The Hall–Kier alpha value is -1.35. The average molecular weight is 178 g/mol. The minimum atomic E-state index is -1.06. The summed E-state index contributed by atoms with van der Waals surface area (Å²) in [7, 11) is 0. The summed E-state index contributed by atoms with van der Waals surface area (Å²) >= 11 is 0. The molecular formula is C10H11FN2. The molecule has 0 amide bonds. The van der Waals surface area contributed by atoms with Gasteiger partial charge in [0.2, 0.25) is 0 Å². The van der Waals surface area contributed by atoms with Crippen LogP contribution in [0.5, 0.6) is 0 Å². The first-order chi connectivity index (χ1) is 6.31. The molecule has 0 saturated heterocycles. The van der Waals surface area contributed by atoms with Gasteiger partial charge in [0, 0.05) is 18.3 Å². The zero-order valence-electron chi connectivity index (χ0n) is 7.13. The molecule has 0 aliphatic rings. The Morgan fingerprint density at radius 1 is 1.38 bits per heavy atom. The Balaban J connectivity index is 2.48. The van der Waals surface area contributed by atoms with Crippen molar-refractivity contribution >= 4 is 10.9 Å². The van der Waals surface area contributed by atoms with Crippen LogP contribution < -0.4 is 5.73 Å². The molecule has 1 aromatic heterocycles. The summed E-state index contributed by atoms with van der Waals surface area (Å²) in [6, 6.07) is 7.42. The number of H-pyrrole nitrogens is 1. The third-order valence-electron chi connectivity index (χ3n) is 2.15. The van der Waals surface area contributed by atoms with Gasteiger partial charge in [0.05, 0.1) is 0 Å². The molecule has 0 fully saturated rings. The molecule has 68 valence electrons. The second-order valence-corrected chi connectivity index (χ2v) is 3.03. The fraction of sp³-hybridized carbons (Fsp3) is 0.200. The van der Waals surface area contributed by atoms with Gasteiger partial charge < -0.3 is 10.7 Å². The highest BCUT2D eigenvalue weighted by Gasteiger charge is 2.07. The van der Waals surface area contributed by atoms with Crippen LogP contribution in [0, 0.1) is 0 Å². The Morgan fingerprint density at radius 3 is 3.00 bits per heavy atom. The van der Waals surface area contributed by atoms with E-state index in [1.165, 1.54) is 0 Å². The maximum absolute atomic E-state index is 13.2. The van der Waals surface area contributed by atoms with Crippen molar-refractivity contribution in [2.24, 2.45) is 5.73 Å². The SMILES string of the molecule is NCC(F)c1ccc2cc[nH]c2c1. The van der Waals surface area contributed by atoms with E-state index in [0.29, 0.717) is 5.56 Å². The van der Waals surface area contributed by atoms with Crippen LogP contribution in [0.3, 0.4) is 0 Å². The van der Waals surface area contributed by atoms with Gasteiger partial charge >= 0.3 is 0 Å². The van der Waals surface area contributed by atoms with Crippen LogP contribution in [0.2, 0.25) is 0 Å². The molecule has 0 radical (unpaired) electrons. The van der Waals surface area contributed by atoms with Gasteiger partial charge in [0.1, 0.15) is 6.17 Å². The smallest absolute Gasteiger partial charge is 0.137 e. The predicted octanol–water partition coefficient (Wildman–Crippen LogP) is 2.14. The van der Waals surface area contributed by atoms with Gasteiger partial charge in [-0.15, -0.1) is 0 Å². The molecule has 1 atom stereocenters. The number of benzene rings is 1. The van der Waals surface area contributed by atoms with E-state index in [0.717, 1.165) is 10.9 Å². The second-order valence-electron chi connectivity index (χ2n) is 3.03. The minimum absolute atomic E-state index is 0.0339.